The van der Waals surface area contributed by atoms with E-state index < -0.39 is 0 Å². The van der Waals surface area contributed by atoms with Crippen LogP contribution in [0.4, 0.5) is 4.39 Å². The maximum atomic E-state index is 12.9. The summed E-state index contributed by atoms with van der Waals surface area (Å²) in [6, 6.07) is 16.5. The first-order valence-corrected chi connectivity index (χ1v) is 7.49. The summed E-state index contributed by atoms with van der Waals surface area (Å²) in [5.74, 6) is -0.0449. The van der Waals surface area contributed by atoms with Crippen LogP contribution in [0, 0.1) is 5.82 Å². The molecule has 1 saturated heterocycles. The number of likely N-dealkylation sites (tertiary alicyclic amines) is 1. The van der Waals surface area contributed by atoms with Crippen LogP contribution in [0.2, 0.25) is 0 Å². The van der Waals surface area contributed by atoms with Crippen LogP contribution in [0.15, 0.2) is 60.7 Å². The van der Waals surface area contributed by atoms with Gasteiger partial charge in [0.2, 0.25) is 5.91 Å². The van der Waals surface area contributed by atoms with Crippen LogP contribution in [-0.4, -0.2) is 16.8 Å². The van der Waals surface area contributed by atoms with E-state index in [9.17, 15) is 9.18 Å². The Balaban J connectivity index is 1.71. The van der Waals surface area contributed by atoms with Gasteiger partial charge in [-0.3, -0.25) is 4.79 Å². The first kappa shape index (κ1) is 14.5. The van der Waals surface area contributed by atoms with Gasteiger partial charge in [-0.1, -0.05) is 54.6 Å². The minimum atomic E-state index is -0.237. The van der Waals surface area contributed by atoms with E-state index in [4.69, 9.17) is 0 Å². The molecule has 1 atom stereocenters. The second-order valence-corrected chi connectivity index (χ2v) is 5.52. The number of carbonyl (C=O) groups excluding carboxylic acids is 1. The number of carbonyl (C=O) groups is 1. The molecule has 0 N–H and O–H groups in total. The highest BCUT2D eigenvalue weighted by molar-refractivity contribution is 5.79. The number of halogens is 1. The molecule has 0 radical (unpaired) electrons. The number of hydrogen-bond acceptors (Lipinski definition) is 1. The minimum Gasteiger partial charge on any atom is -0.332 e. The molecular formula is C19H18FNO. The molecule has 3 rings (SSSR count). The van der Waals surface area contributed by atoms with Gasteiger partial charge >= 0.3 is 0 Å². The molecule has 3 heteroatoms. The van der Waals surface area contributed by atoms with Crippen molar-refractivity contribution in [2.24, 2.45) is 0 Å². The number of hydrogen-bond donors (Lipinski definition) is 0. The lowest BCUT2D eigenvalue weighted by atomic mass is 10.1. The van der Waals surface area contributed by atoms with Crippen LogP contribution < -0.4 is 0 Å². The van der Waals surface area contributed by atoms with Crippen molar-refractivity contribution in [3.8, 4) is 0 Å². The van der Waals surface area contributed by atoms with E-state index in [0.29, 0.717) is 13.0 Å². The van der Waals surface area contributed by atoms with Crippen molar-refractivity contribution in [1.82, 2.24) is 4.90 Å². The third-order valence-corrected chi connectivity index (χ3v) is 3.95. The molecule has 112 valence electrons. The van der Waals surface area contributed by atoms with Gasteiger partial charge in [-0.25, -0.2) is 4.39 Å². The molecule has 1 aliphatic rings. The van der Waals surface area contributed by atoms with Crippen LogP contribution in [0.3, 0.4) is 0 Å². The lowest BCUT2D eigenvalue weighted by Crippen LogP contribution is -2.31. The second kappa shape index (κ2) is 6.56. The molecular weight excluding hydrogens is 277 g/mol. The van der Waals surface area contributed by atoms with Crippen LogP contribution >= 0.6 is 0 Å². The van der Waals surface area contributed by atoms with E-state index in [1.807, 2.05) is 47.4 Å². The van der Waals surface area contributed by atoms with Crippen LogP contribution in [0.5, 0.6) is 0 Å². The van der Waals surface area contributed by atoms with Gasteiger partial charge in [0.05, 0.1) is 6.04 Å². The zero-order valence-corrected chi connectivity index (χ0v) is 12.3. The molecule has 0 aromatic heterocycles. The Morgan fingerprint density at radius 1 is 1.09 bits per heavy atom. The number of nitrogens with zero attached hydrogens (tertiary/aromatic N) is 1. The van der Waals surface area contributed by atoms with Crippen molar-refractivity contribution in [2.75, 3.05) is 0 Å². The van der Waals surface area contributed by atoms with Gasteiger partial charge in [0.15, 0.2) is 0 Å². The number of benzene rings is 2. The fraction of sp³-hybridized carbons (Fsp3) is 0.211. The van der Waals surface area contributed by atoms with Gasteiger partial charge in [0.1, 0.15) is 5.82 Å². The van der Waals surface area contributed by atoms with E-state index in [-0.39, 0.29) is 17.8 Å². The Labute approximate surface area is 129 Å². The maximum absolute atomic E-state index is 12.9. The smallest absolute Gasteiger partial charge is 0.223 e. The molecule has 1 heterocycles. The lowest BCUT2D eigenvalue weighted by Gasteiger charge is -2.22. The predicted octanol–water partition coefficient (Wildman–Crippen LogP) is 4.03. The summed E-state index contributed by atoms with van der Waals surface area (Å²) in [4.78, 5) is 14.0. The van der Waals surface area contributed by atoms with Crippen molar-refractivity contribution in [1.29, 1.82) is 0 Å². The van der Waals surface area contributed by atoms with E-state index in [1.54, 1.807) is 12.1 Å². The van der Waals surface area contributed by atoms with Crippen molar-refractivity contribution in [3.63, 3.8) is 0 Å². The molecule has 1 amide bonds. The Kier molecular flexibility index (Phi) is 4.33. The molecule has 0 aliphatic carbocycles. The summed E-state index contributed by atoms with van der Waals surface area (Å²) in [6.45, 7) is 0.637. The number of rotatable bonds is 4. The van der Waals surface area contributed by atoms with Gasteiger partial charge < -0.3 is 4.90 Å². The van der Waals surface area contributed by atoms with Crippen LogP contribution in [0.25, 0.3) is 6.08 Å². The van der Waals surface area contributed by atoms with E-state index >= 15 is 0 Å². The molecule has 0 bridgehead atoms. The highest BCUT2D eigenvalue weighted by Gasteiger charge is 2.28. The van der Waals surface area contributed by atoms with Gasteiger partial charge in [-0.15, -0.1) is 0 Å². The predicted molar refractivity (Wildman–Crippen MR) is 85.4 cm³/mol. The normalized spacial score (nSPS) is 18.3. The zero-order chi connectivity index (χ0) is 15.4. The maximum Gasteiger partial charge on any atom is 0.223 e. The average molecular weight is 295 g/mol. The second-order valence-electron chi connectivity index (χ2n) is 5.52. The molecule has 0 spiro atoms. The number of amides is 1. The Hall–Kier alpha value is -2.42. The summed E-state index contributed by atoms with van der Waals surface area (Å²) in [5.41, 5.74) is 2.08. The average Bonchev–Trinajstić information content (AvgIpc) is 2.88. The Morgan fingerprint density at radius 3 is 2.55 bits per heavy atom. The Morgan fingerprint density at radius 2 is 1.82 bits per heavy atom. The fourth-order valence-electron chi connectivity index (χ4n) is 2.74. The van der Waals surface area contributed by atoms with Crippen molar-refractivity contribution >= 4 is 12.0 Å². The molecule has 2 nitrogen and oxygen atoms in total. The summed E-state index contributed by atoms with van der Waals surface area (Å²) >= 11 is 0. The largest absolute Gasteiger partial charge is 0.332 e. The summed E-state index contributed by atoms with van der Waals surface area (Å²) in [6.07, 6.45) is 5.43. The standard InChI is InChI=1S/C19H18FNO/c20-17-9-6-15(7-10-17)8-11-18-12-13-19(22)21(18)14-16-4-2-1-3-5-16/h1-11,18H,12-14H2/b11-8+. The van der Waals surface area contributed by atoms with Gasteiger partial charge in [-0.2, -0.15) is 0 Å². The van der Waals surface area contributed by atoms with Gasteiger partial charge in [0.25, 0.3) is 0 Å². The topological polar surface area (TPSA) is 20.3 Å². The Bertz CT molecular complexity index is 664. The summed E-state index contributed by atoms with van der Waals surface area (Å²) in [5, 5.41) is 0. The van der Waals surface area contributed by atoms with Crippen molar-refractivity contribution < 1.29 is 9.18 Å². The third-order valence-electron chi connectivity index (χ3n) is 3.95. The quantitative estimate of drug-likeness (QED) is 0.834. The van der Waals surface area contributed by atoms with Crippen molar-refractivity contribution in [3.05, 3.63) is 77.6 Å². The highest BCUT2D eigenvalue weighted by atomic mass is 19.1. The first-order chi connectivity index (χ1) is 10.7. The van der Waals surface area contributed by atoms with Gasteiger partial charge in [0, 0.05) is 13.0 Å². The van der Waals surface area contributed by atoms with E-state index in [0.717, 1.165) is 17.5 Å². The van der Waals surface area contributed by atoms with E-state index in [1.165, 1.54) is 12.1 Å². The molecule has 2 aromatic rings. The van der Waals surface area contributed by atoms with Gasteiger partial charge in [-0.05, 0) is 29.7 Å². The molecule has 1 fully saturated rings. The monoisotopic (exact) mass is 295 g/mol. The third kappa shape index (κ3) is 3.42. The molecule has 1 aliphatic heterocycles. The SMILES string of the molecule is O=C1CCC(/C=C/c2ccc(F)cc2)N1Cc1ccccc1. The fourth-order valence-corrected chi connectivity index (χ4v) is 2.74. The van der Waals surface area contributed by atoms with Crippen LogP contribution in [0.1, 0.15) is 24.0 Å². The summed E-state index contributed by atoms with van der Waals surface area (Å²) in [7, 11) is 0. The van der Waals surface area contributed by atoms with E-state index in [2.05, 4.69) is 0 Å². The molecule has 1 unspecified atom stereocenters. The summed E-state index contributed by atoms with van der Waals surface area (Å²) < 4.78 is 12.9. The highest BCUT2D eigenvalue weighted by Crippen LogP contribution is 2.23. The lowest BCUT2D eigenvalue weighted by molar-refractivity contribution is -0.129. The minimum absolute atomic E-state index is 0.109. The first-order valence-electron chi connectivity index (χ1n) is 7.49. The molecule has 22 heavy (non-hydrogen) atoms. The van der Waals surface area contributed by atoms with Crippen LogP contribution in [-0.2, 0) is 11.3 Å². The van der Waals surface area contributed by atoms with Crippen molar-refractivity contribution in [2.45, 2.75) is 25.4 Å². The molecule has 2 aromatic carbocycles. The zero-order valence-electron chi connectivity index (χ0n) is 12.3. The molecule has 0 saturated carbocycles.